The molecule has 120 valence electrons. The van der Waals surface area contributed by atoms with Crippen molar-refractivity contribution >= 4 is 21.4 Å². The molecule has 0 aliphatic carbocycles. The van der Waals surface area contributed by atoms with Gasteiger partial charge in [-0.25, -0.2) is 8.42 Å². The van der Waals surface area contributed by atoms with Gasteiger partial charge in [-0.3, -0.25) is 0 Å². The summed E-state index contributed by atoms with van der Waals surface area (Å²) in [5.41, 5.74) is 1.02. The molecule has 0 amide bonds. The van der Waals surface area contributed by atoms with Gasteiger partial charge in [0, 0.05) is 11.6 Å². The van der Waals surface area contributed by atoms with Crippen molar-refractivity contribution in [1.82, 2.24) is 5.32 Å². The standard InChI is InChI=1S/C16H26ClNO2S/c1-5-18-12-13(14-8-6-7-9-15(14)17)10-11-21(19,20)16(2,3)4/h6-9,13,18H,5,10-12H2,1-4H3. The van der Waals surface area contributed by atoms with Gasteiger partial charge in [-0.2, -0.15) is 0 Å². The van der Waals surface area contributed by atoms with Crippen LogP contribution < -0.4 is 5.32 Å². The largest absolute Gasteiger partial charge is 0.316 e. The second-order valence-corrected chi connectivity index (χ2v) is 9.52. The highest BCUT2D eigenvalue weighted by Crippen LogP contribution is 2.28. The molecule has 0 saturated heterocycles. The molecule has 1 unspecified atom stereocenters. The van der Waals surface area contributed by atoms with Gasteiger partial charge in [-0.1, -0.05) is 36.7 Å². The first kappa shape index (κ1) is 18.5. The van der Waals surface area contributed by atoms with E-state index in [1.54, 1.807) is 20.8 Å². The molecule has 0 aliphatic heterocycles. The zero-order valence-electron chi connectivity index (χ0n) is 13.3. The van der Waals surface area contributed by atoms with Crippen molar-refractivity contribution in [1.29, 1.82) is 0 Å². The second-order valence-electron chi connectivity index (χ2n) is 6.25. The van der Waals surface area contributed by atoms with E-state index < -0.39 is 14.6 Å². The van der Waals surface area contributed by atoms with Crippen LogP contribution in [0.5, 0.6) is 0 Å². The Morgan fingerprint density at radius 1 is 1.24 bits per heavy atom. The lowest BCUT2D eigenvalue weighted by Crippen LogP contribution is -2.32. The van der Waals surface area contributed by atoms with Crippen molar-refractivity contribution in [2.75, 3.05) is 18.8 Å². The zero-order chi connectivity index (χ0) is 16.1. The van der Waals surface area contributed by atoms with Gasteiger partial charge in [0.1, 0.15) is 0 Å². The van der Waals surface area contributed by atoms with Crippen LogP contribution in [0.2, 0.25) is 5.02 Å². The van der Waals surface area contributed by atoms with E-state index in [2.05, 4.69) is 5.32 Å². The third-order valence-electron chi connectivity index (χ3n) is 3.65. The normalized spacial score (nSPS) is 14.1. The minimum Gasteiger partial charge on any atom is -0.316 e. The summed E-state index contributed by atoms with van der Waals surface area (Å²) >= 11 is 6.26. The van der Waals surface area contributed by atoms with E-state index in [9.17, 15) is 8.42 Å². The molecule has 0 fully saturated rings. The topological polar surface area (TPSA) is 46.2 Å². The fourth-order valence-electron chi connectivity index (χ4n) is 2.10. The van der Waals surface area contributed by atoms with Crippen LogP contribution in [0.25, 0.3) is 0 Å². The predicted molar refractivity (Wildman–Crippen MR) is 90.9 cm³/mol. The first-order valence-electron chi connectivity index (χ1n) is 7.36. The summed E-state index contributed by atoms with van der Waals surface area (Å²) in [5, 5.41) is 4.00. The Morgan fingerprint density at radius 3 is 2.38 bits per heavy atom. The van der Waals surface area contributed by atoms with Crippen LogP contribution in [0.4, 0.5) is 0 Å². The monoisotopic (exact) mass is 331 g/mol. The Labute approximate surface area is 134 Å². The van der Waals surface area contributed by atoms with Gasteiger partial charge < -0.3 is 5.32 Å². The van der Waals surface area contributed by atoms with Crippen LogP contribution in [0, 0.1) is 0 Å². The lowest BCUT2D eigenvalue weighted by Gasteiger charge is -2.23. The summed E-state index contributed by atoms with van der Waals surface area (Å²) < 4.78 is 23.9. The molecule has 21 heavy (non-hydrogen) atoms. The molecule has 1 N–H and O–H groups in total. The third kappa shape index (κ3) is 5.28. The minimum atomic E-state index is -3.11. The Hall–Kier alpha value is -0.580. The summed E-state index contributed by atoms with van der Waals surface area (Å²) in [6.45, 7) is 8.87. The molecule has 5 heteroatoms. The van der Waals surface area contributed by atoms with Crippen molar-refractivity contribution in [3.05, 3.63) is 34.9 Å². The molecule has 0 heterocycles. The van der Waals surface area contributed by atoms with Gasteiger partial charge >= 0.3 is 0 Å². The summed E-state index contributed by atoms with van der Waals surface area (Å²) in [6.07, 6.45) is 0.580. The van der Waals surface area contributed by atoms with Crippen LogP contribution in [-0.4, -0.2) is 32.0 Å². The number of sulfone groups is 1. The molecule has 1 atom stereocenters. The molecule has 0 aromatic heterocycles. The number of hydrogen-bond acceptors (Lipinski definition) is 3. The molecule has 1 aromatic rings. The molecular weight excluding hydrogens is 306 g/mol. The van der Waals surface area contributed by atoms with Crippen LogP contribution in [0.3, 0.4) is 0 Å². The third-order valence-corrected chi connectivity index (χ3v) is 6.64. The van der Waals surface area contributed by atoms with Gasteiger partial charge in [-0.15, -0.1) is 0 Å². The van der Waals surface area contributed by atoms with Gasteiger partial charge in [0.25, 0.3) is 0 Å². The van der Waals surface area contributed by atoms with Crippen LogP contribution in [0.1, 0.15) is 45.6 Å². The van der Waals surface area contributed by atoms with Crippen molar-refractivity contribution < 1.29 is 8.42 Å². The summed E-state index contributed by atoms with van der Waals surface area (Å²) in [7, 11) is -3.11. The van der Waals surface area contributed by atoms with Gasteiger partial charge in [-0.05, 0) is 51.3 Å². The van der Waals surface area contributed by atoms with Crippen LogP contribution in [-0.2, 0) is 9.84 Å². The molecular formula is C16H26ClNO2S. The highest BCUT2D eigenvalue weighted by molar-refractivity contribution is 7.92. The minimum absolute atomic E-state index is 0.107. The molecule has 0 radical (unpaired) electrons. The van der Waals surface area contributed by atoms with E-state index >= 15 is 0 Å². The summed E-state index contributed by atoms with van der Waals surface area (Å²) in [5.74, 6) is 0.286. The first-order valence-corrected chi connectivity index (χ1v) is 9.39. The van der Waals surface area contributed by atoms with Crippen molar-refractivity contribution in [2.45, 2.75) is 44.8 Å². The maximum atomic E-state index is 12.3. The van der Waals surface area contributed by atoms with Gasteiger partial charge in [0.05, 0.1) is 10.5 Å². The Morgan fingerprint density at radius 2 is 1.86 bits per heavy atom. The van der Waals surface area contributed by atoms with Gasteiger partial charge in [0.2, 0.25) is 0 Å². The highest BCUT2D eigenvalue weighted by atomic mass is 35.5. The van der Waals surface area contributed by atoms with Crippen molar-refractivity contribution in [2.24, 2.45) is 0 Å². The van der Waals surface area contributed by atoms with E-state index in [1.807, 2.05) is 31.2 Å². The Bertz CT molecular complexity index is 550. The number of halogens is 1. The maximum Gasteiger partial charge on any atom is 0.155 e. The maximum absolute atomic E-state index is 12.3. The molecule has 1 rings (SSSR count). The average Bonchev–Trinajstić information content (AvgIpc) is 2.39. The van der Waals surface area contributed by atoms with Crippen molar-refractivity contribution in [3.63, 3.8) is 0 Å². The van der Waals surface area contributed by atoms with E-state index in [0.717, 1.165) is 18.7 Å². The zero-order valence-corrected chi connectivity index (χ0v) is 14.9. The summed E-state index contributed by atoms with van der Waals surface area (Å²) in [6, 6.07) is 7.67. The Kier molecular flexibility index (Phi) is 6.70. The van der Waals surface area contributed by atoms with E-state index in [-0.39, 0.29) is 11.7 Å². The molecule has 0 bridgehead atoms. The number of rotatable bonds is 7. The molecule has 1 aromatic carbocycles. The lowest BCUT2D eigenvalue weighted by molar-refractivity contribution is 0.541. The fraction of sp³-hybridized carbons (Fsp3) is 0.625. The number of benzene rings is 1. The molecule has 0 saturated carbocycles. The Balaban J connectivity index is 2.88. The SMILES string of the molecule is CCNCC(CCS(=O)(=O)C(C)(C)C)c1ccccc1Cl. The van der Waals surface area contributed by atoms with Gasteiger partial charge in [0.15, 0.2) is 9.84 Å². The second kappa shape index (κ2) is 7.61. The van der Waals surface area contributed by atoms with E-state index in [1.165, 1.54) is 0 Å². The number of likely N-dealkylation sites (N-methyl/N-ethyl adjacent to an activating group) is 1. The van der Waals surface area contributed by atoms with Crippen LogP contribution >= 0.6 is 11.6 Å². The quantitative estimate of drug-likeness (QED) is 0.829. The molecule has 3 nitrogen and oxygen atoms in total. The smallest absolute Gasteiger partial charge is 0.155 e. The molecule has 0 spiro atoms. The van der Waals surface area contributed by atoms with Crippen LogP contribution in [0.15, 0.2) is 24.3 Å². The highest BCUT2D eigenvalue weighted by Gasteiger charge is 2.29. The van der Waals surface area contributed by atoms with E-state index in [4.69, 9.17) is 11.6 Å². The summed E-state index contributed by atoms with van der Waals surface area (Å²) in [4.78, 5) is 0. The van der Waals surface area contributed by atoms with E-state index in [0.29, 0.717) is 11.4 Å². The lowest BCUT2D eigenvalue weighted by atomic mass is 9.96. The van der Waals surface area contributed by atoms with Crippen molar-refractivity contribution in [3.8, 4) is 0 Å². The number of nitrogens with one attached hydrogen (secondary N) is 1. The molecule has 0 aliphatic rings. The fourth-order valence-corrected chi connectivity index (χ4v) is 3.59. The average molecular weight is 332 g/mol. The predicted octanol–water partition coefficient (Wildman–Crippen LogP) is 3.64. The number of hydrogen-bond donors (Lipinski definition) is 1. The first-order chi connectivity index (χ1) is 9.69.